The summed E-state index contributed by atoms with van der Waals surface area (Å²) in [7, 11) is 0. The van der Waals surface area contributed by atoms with E-state index in [2.05, 4.69) is 0 Å². The lowest BCUT2D eigenvalue weighted by atomic mass is 9.99. The Morgan fingerprint density at radius 1 is 1.30 bits per heavy atom. The second-order valence-corrected chi connectivity index (χ2v) is 5.36. The first-order chi connectivity index (χ1) is 9.49. The Bertz CT molecular complexity index is 550. The fraction of sp³-hybridized carbons (Fsp3) is 0.375. The first kappa shape index (κ1) is 14.3. The molecule has 1 aromatic rings. The van der Waals surface area contributed by atoms with Crippen LogP contribution in [0.5, 0.6) is 0 Å². The van der Waals surface area contributed by atoms with Crippen LogP contribution in [0.25, 0.3) is 6.08 Å². The van der Waals surface area contributed by atoms with E-state index < -0.39 is 11.9 Å². The van der Waals surface area contributed by atoms with E-state index in [4.69, 9.17) is 5.11 Å². The third-order valence-corrected chi connectivity index (χ3v) is 3.84. The lowest BCUT2D eigenvalue weighted by molar-refractivity contribution is -0.142. The molecule has 1 N–H and O–H groups in total. The fourth-order valence-electron chi connectivity index (χ4n) is 2.51. The van der Waals surface area contributed by atoms with E-state index in [-0.39, 0.29) is 11.8 Å². The molecule has 1 aliphatic heterocycles. The van der Waals surface area contributed by atoms with Crippen molar-refractivity contribution in [3.8, 4) is 0 Å². The number of nitrogens with zero attached hydrogens (tertiary/aromatic N) is 1. The van der Waals surface area contributed by atoms with Gasteiger partial charge in [0, 0.05) is 19.2 Å². The SMILES string of the molecule is Cc1ccccc1/C=C/C(=O)N1C[C@@H](C)[C@H](C(=O)O)C1. The summed E-state index contributed by atoms with van der Waals surface area (Å²) in [6.45, 7) is 4.67. The predicted octanol–water partition coefficient (Wildman–Crippen LogP) is 2.19. The third-order valence-electron chi connectivity index (χ3n) is 3.84. The van der Waals surface area contributed by atoms with Crippen LogP contribution in [0, 0.1) is 18.8 Å². The standard InChI is InChI=1S/C16H19NO3/c1-11-5-3-4-6-13(11)7-8-15(18)17-9-12(2)14(10-17)16(19)20/h3-8,12,14H,9-10H2,1-2H3,(H,19,20)/b8-7+/t12-,14-/m1/s1. The van der Waals surface area contributed by atoms with E-state index in [0.29, 0.717) is 13.1 Å². The Morgan fingerprint density at radius 2 is 2.00 bits per heavy atom. The fourth-order valence-corrected chi connectivity index (χ4v) is 2.51. The summed E-state index contributed by atoms with van der Waals surface area (Å²) < 4.78 is 0. The lowest BCUT2D eigenvalue weighted by Gasteiger charge is -2.13. The second-order valence-electron chi connectivity index (χ2n) is 5.36. The van der Waals surface area contributed by atoms with Gasteiger partial charge >= 0.3 is 5.97 Å². The topological polar surface area (TPSA) is 57.6 Å². The van der Waals surface area contributed by atoms with Gasteiger partial charge in [-0.05, 0) is 30.0 Å². The molecular weight excluding hydrogens is 254 g/mol. The summed E-state index contributed by atoms with van der Waals surface area (Å²) in [5, 5.41) is 9.07. The van der Waals surface area contributed by atoms with Crippen LogP contribution in [-0.2, 0) is 9.59 Å². The number of benzene rings is 1. The number of carboxylic acid groups (broad SMARTS) is 1. The minimum atomic E-state index is -0.823. The molecular formula is C16H19NO3. The largest absolute Gasteiger partial charge is 0.481 e. The normalized spacial score (nSPS) is 22.4. The molecule has 20 heavy (non-hydrogen) atoms. The zero-order valence-corrected chi connectivity index (χ0v) is 11.7. The van der Waals surface area contributed by atoms with Crippen molar-refractivity contribution in [2.24, 2.45) is 11.8 Å². The van der Waals surface area contributed by atoms with E-state index in [1.807, 2.05) is 38.1 Å². The molecule has 106 valence electrons. The number of aryl methyl sites for hydroxylation is 1. The summed E-state index contributed by atoms with van der Waals surface area (Å²) in [5.41, 5.74) is 2.11. The smallest absolute Gasteiger partial charge is 0.308 e. The molecule has 1 saturated heterocycles. The molecule has 2 atom stereocenters. The molecule has 0 saturated carbocycles. The minimum Gasteiger partial charge on any atom is -0.481 e. The summed E-state index contributed by atoms with van der Waals surface area (Å²) in [6.07, 6.45) is 3.32. The molecule has 1 aromatic carbocycles. The van der Waals surface area contributed by atoms with Crippen LogP contribution in [0.2, 0.25) is 0 Å². The minimum absolute atomic E-state index is 0.00307. The molecule has 1 heterocycles. The average Bonchev–Trinajstić information content (AvgIpc) is 2.80. The molecule has 2 rings (SSSR count). The van der Waals surface area contributed by atoms with E-state index in [1.165, 1.54) is 6.08 Å². The van der Waals surface area contributed by atoms with Crippen molar-refractivity contribution in [1.82, 2.24) is 4.90 Å². The monoisotopic (exact) mass is 273 g/mol. The van der Waals surface area contributed by atoms with Crippen LogP contribution in [0.3, 0.4) is 0 Å². The molecule has 0 aliphatic carbocycles. The molecule has 1 amide bonds. The van der Waals surface area contributed by atoms with Crippen LogP contribution in [-0.4, -0.2) is 35.0 Å². The Labute approximate surface area is 118 Å². The number of likely N-dealkylation sites (tertiary alicyclic amines) is 1. The Balaban J connectivity index is 2.03. The summed E-state index contributed by atoms with van der Waals surface area (Å²) in [6, 6.07) is 7.82. The number of aliphatic carboxylic acids is 1. The molecule has 0 spiro atoms. The summed E-state index contributed by atoms with van der Waals surface area (Å²) >= 11 is 0. The van der Waals surface area contributed by atoms with Crippen molar-refractivity contribution < 1.29 is 14.7 Å². The first-order valence-electron chi connectivity index (χ1n) is 6.74. The van der Waals surface area contributed by atoms with Crippen LogP contribution in [0.1, 0.15) is 18.1 Å². The maximum absolute atomic E-state index is 12.1. The highest BCUT2D eigenvalue weighted by atomic mass is 16.4. The molecule has 0 bridgehead atoms. The number of carbonyl (C=O) groups is 2. The lowest BCUT2D eigenvalue weighted by Crippen LogP contribution is -2.28. The van der Waals surface area contributed by atoms with Crippen LogP contribution in [0.4, 0.5) is 0 Å². The van der Waals surface area contributed by atoms with Crippen LogP contribution >= 0.6 is 0 Å². The second kappa shape index (κ2) is 5.90. The van der Waals surface area contributed by atoms with Crippen molar-refractivity contribution in [3.05, 3.63) is 41.5 Å². The number of rotatable bonds is 3. The van der Waals surface area contributed by atoms with Crippen molar-refractivity contribution in [3.63, 3.8) is 0 Å². The molecule has 4 nitrogen and oxygen atoms in total. The Morgan fingerprint density at radius 3 is 2.60 bits per heavy atom. The van der Waals surface area contributed by atoms with Gasteiger partial charge in [-0.1, -0.05) is 31.2 Å². The molecule has 4 heteroatoms. The maximum atomic E-state index is 12.1. The van der Waals surface area contributed by atoms with Gasteiger partial charge in [-0.25, -0.2) is 0 Å². The van der Waals surface area contributed by atoms with Crippen LogP contribution in [0.15, 0.2) is 30.3 Å². The van der Waals surface area contributed by atoms with Crippen molar-refractivity contribution in [1.29, 1.82) is 0 Å². The molecule has 1 fully saturated rings. The molecule has 0 aromatic heterocycles. The highest BCUT2D eigenvalue weighted by Gasteiger charge is 2.36. The van der Waals surface area contributed by atoms with Crippen molar-refractivity contribution in [2.45, 2.75) is 13.8 Å². The Hall–Kier alpha value is -2.10. The maximum Gasteiger partial charge on any atom is 0.308 e. The highest BCUT2D eigenvalue weighted by Crippen LogP contribution is 2.23. The number of carboxylic acids is 1. The van der Waals surface area contributed by atoms with E-state index in [0.717, 1.165) is 11.1 Å². The molecule has 0 unspecified atom stereocenters. The van der Waals surface area contributed by atoms with Crippen molar-refractivity contribution in [2.75, 3.05) is 13.1 Å². The molecule has 0 radical (unpaired) electrons. The van der Waals surface area contributed by atoms with E-state index in [9.17, 15) is 9.59 Å². The first-order valence-corrected chi connectivity index (χ1v) is 6.74. The third kappa shape index (κ3) is 3.07. The van der Waals surface area contributed by atoms with E-state index in [1.54, 1.807) is 11.0 Å². The van der Waals surface area contributed by atoms with Crippen molar-refractivity contribution >= 4 is 18.0 Å². The van der Waals surface area contributed by atoms with Gasteiger partial charge in [0.15, 0.2) is 0 Å². The number of hydrogen-bond donors (Lipinski definition) is 1. The Kier molecular flexibility index (Phi) is 4.23. The number of carbonyl (C=O) groups excluding carboxylic acids is 1. The number of hydrogen-bond acceptors (Lipinski definition) is 2. The quantitative estimate of drug-likeness (QED) is 0.859. The van der Waals surface area contributed by atoms with Gasteiger partial charge in [-0.3, -0.25) is 9.59 Å². The van der Waals surface area contributed by atoms with E-state index >= 15 is 0 Å². The summed E-state index contributed by atoms with van der Waals surface area (Å²) in [4.78, 5) is 24.7. The highest BCUT2D eigenvalue weighted by molar-refractivity contribution is 5.92. The van der Waals surface area contributed by atoms with Gasteiger partial charge < -0.3 is 10.0 Å². The van der Waals surface area contributed by atoms with Gasteiger partial charge in [-0.15, -0.1) is 0 Å². The zero-order valence-electron chi connectivity index (χ0n) is 11.7. The van der Waals surface area contributed by atoms with Crippen LogP contribution < -0.4 is 0 Å². The molecule has 1 aliphatic rings. The van der Waals surface area contributed by atoms with Gasteiger partial charge in [0.05, 0.1) is 5.92 Å². The van der Waals surface area contributed by atoms with Gasteiger partial charge in [0.1, 0.15) is 0 Å². The average molecular weight is 273 g/mol. The van der Waals surface area contributed by atoms with Gasteiger partial charge in [0.25, 0.3) is 0 Å². The predicted molar refractivity (Wildman–Crippen MR) is 77.1 cm³/mol. The van der Waals surface area contributed by atoms with Gasteiger partial charge in [0.2, 0.25) is 5.91 Å². The zero-order chi connectivity index (χ0) is 14.7. The summed E-state index contributed by atoms with van der Waals surface area (Å²) in [5.74, 6) is -1.39. The van der Waals surface area contributed by atoms with Gasteiger partial charge in [-0.2, -0.15) is 0 Å². The number of amides is 1.